The molecule has 0 aliphatic rings. The second kappa shape index (κ2) is 5.18. The minimum atomic E-state index is -0.361. The van der Waals surface area contributed by atoms with E-state index in [-0.39, 0.29) is 5.82 Å². The summed E-state index contributed by atoms with van der Waals surface area (Å²) in [6.07, 6.45) is 3.61. The Balaban J connectivity index is 1.97. The third-order valence-corrected chi connectivity index (χ3v) is 2.92. The quantitative estimate of drug-likeness (QED) is 0.853. The zero-order valence-corrected chi connectivity index (χ0v) is 10.6. The highest BCUT2D eigenvalue weighted by molar-refractivity contribution is 9.10. The first-order chi connectivity index (χ1) is 8.16. The molecule has 0 amide bonds. The van der Waals surface area contributed by atoms with Crippen molar-refractivity contribution in [2.24, 2.45) is 0 Å². The van der Waals surface area contributed by atoms with Crippen molar-refractivity contribution in [2.45, 2.75) is 6.54 Å². The highest BCUT2D eigenvalue weighted by atomic mass is 79.9. The van der Waals surface area contributed by atoms with Gasteiger partial charge in [0.1, 0.15) is 5.82 Å². The number of nitrogens with zero attached hydrogens (tertiary/aromatic N) is 2. The summed E-state index contributed by atoms with van der Waals surface area (Å²) in [6, 6.07) is 4.79. The minimum absolute atomic E-state index is 0.361. The third kappa shape index (κ3) is 2.97. The number of hydrogen-bond acceptors (Lipinski definition) is 3. The number of rotatable bonds is 4. The number of nitrogen functional groups attached to an aromatic ring is 1. The summed E-state index contributed by atoms with van der Waals surface area (Å²) in [5.41, 5.74) is 6.81. The van der Waals surface area contributed by atoms with Crippen molar-refractivity contribution in [1.29, 1.82) is 0 Å². The molecule has 0 fully saturated rings. The van der Waals surface area contributed by atoms with Crippen LogP contribution in [-0.4, -0.2) is 16.3 Å². The second-order valence-electron chi connectivity index (χ2n) is 3.55. The molecular weight excluding hydrogens is 287 g/mol. The van der Waals surface area contributed by atoms with Crippen LogP contribution in [-0.2, 0) is 6.54 Å². The van der Waals surface area contributed by atoms with Crippen molar-refractivity contribution < 1.29 is 4.39 Å². The van der Waals surface area contributed by atoms with Crippen LogP contribution in [0, 0.1) is 5.82 Å². The Labute approximate surface area is 107 Å². The molecule has 1 aromatic heterocycles. The van der Waals surface area contributed by atoms with Crippen molar-refractivity contribution in [1.82, 2.24) is 9.78 Å². The molecule has 4 nitrogen and oxygen atoms in total. The minimum Gasteiger partial charge on any atom is -0.397 e. The molecule has 3 N–H and O–H groups in total. The zero-order valence-electron chi connectivity index (χ0n) is 9.03. The molecule has 0 atom stereocenters. The Morgan fingerprint density at radius 2 is 2.29 bits per heavy atom. The summed E-state index contributed by atoms with van der Waals surface area (Å²) in [6.45, 7) is 1.39. The predicted molar refractivity (Wildman–Crippen MR) is 69.2 cm³/mol. The zero-order chi connectivity index (χ0) is 12.3. The summed E-state index contributed by atoms with van der Waals surface area (Å²) in [4.78, 5) is 0. The summed E-state index contributed by atoms with van der Waals surface area (Å²) in [7, 11) is 0. The van der Waals surface area contributed by atoms with E-state index < -0.39 is 0 Å². The smallest absolute Gasteiger partial charge is 0.139 e. The van der Waals surface area contributed by atoms with E-state index in [0.29, 0.717) is 22.4 Å². The van der Waals surface area contributed by atoms with Gasteiger partial charge in [0.2, 0.25) is 0 Å². The number of nitrogens with one attached hydrogen (secondary N) is 1. The number of aromatic nitrogens is 2. The topological polar surface area (TPSA) is 55.9 Å². The Hall–Kier alpha value is -1.56. The van der Waals surface area contributed by atoms with Gasteiger partial charge in [-0.25, -0.2) is 4.39 Å². The van der Waals surface area contributed by atoms with E-state index in [0.717, 1.165) is 6.54 Å². The largest absolute Gasteiger partial charge is 0.397 e. The Morgan fingerprint density at radius 3 is 3.00 bits per heavy atom. The van der Waals surface area contributed by atoms with Crippen LogP contribution >= 0.6 is 15.9 Å². The van der Waals surface area contributed by atoms with Crippen LogP contribution in [0.1, 0.15) is 0 Å². The van der Waals surface area contributed by atoms with Gasteiger partial charge in [-0.15, -0.1) is 0 Å². The van der Waals surface area contributed by atoms with Crippen LogP contribution in [0.3, 0.4) is 0 Å². The summed E-state index contributed by atoms with van der Waals surface area (Å²) in [5.74, 6) is -0.361. The second-order valence-corrected chi connectivity index (χ2v) is 4.40. The fraction of sp³-hybridized carbons (Fsp3) is 0.182. The molecule has 0 unspecified atom stereocenters. The van der Waals surface area contributed by atoms with E-state index in [9.17, 15) is 4.39 Å². The van der Waals surface area contributed by atoms with Gasteiger partial charge in [0.25, 0.3) is 0 Å². The van der Waals surface area contributed by atoms with E-state index in [1.807, 2.05) is 16.9 Å². The molecule has 6 heteroatoms. The molecule has 2 rings (SSSR count). The SMILES string of the molecule is Nc1cc(F)c(Br)cc1NCCn1cccn1. The fourth-order valence-corrected chi connectivity index (χ4v) is 1.80. The van der Waals surface area contributed by atoms with Crippen LogP contribution in [0.25, 0.3) is 0 Å². The normalized spacial score (nSPS) is 10.5. The van der Waals surface area contributed by atoms with Crippen molar-refractivity contribution in [3.05, 3.63) is 40.9 Å². The Kier molecular flexibility index (Phi) is 3.63. The molecule has 1 heterocycles. The van der Waals surface area contributed by atoms with Gasteiger partial charge in [0.05, 0.1) is 22.4 Å². The maximum atomic E-state index is 13.1. The molecule has 17 heavy (non-hydrogen) atoms. The lowest BCUT2D eigenvalue weighted by molar-refractivity contribution is 0.621. The van der Waals surface area contributed by atoms with E-state index in [1.165, 1.54) is 6.07 Å². The monoisotopic (exact) mass is 298 g/mol. The number of halogens is 2. The molecule has 0 spiro atoms. The average Bonchev–Trinajstić information content (AvgIpc) is 2.78. The first kappa shape index (κ1) is 11.9. The molecule has 0 saturated carbocycles. The predicted octanol–water partition coefficient (Wildman–Crippen LogP) is 2.48. The first-order valence-corrected chi connectivity index (χ1v) is 5.92. The number of anilines is 2. The van der Waals surface area contributed by atoms with Gasteiger partial charge in [0.15, 0.2) is 0 Å². The number of benzene rings is 1. The van der Waals surface area contributed by atoms with E-state index in [4.69, 9.17) is 5.73 Å². The van der Waals surface area contributed by atoms with Crippen LogP contribution in [0.5, 0.6) is 0 Å². The van der Waals surface area contributed by atoms with E-state index in [2.05, 4.69) is 26.3 Å². The van der Waals surface area contributed by atoms with Gasteiger partial charge in [-0.1, -0.05) is 0 Å². The molecule has 0 aliphatic carbocycles. The lowest BCUT2D eigenvalue weighted by Crippen LogP contribution is -2.12. The molecule has 0 bridgehead atoms. The summed E-state index contributed by atoms with van der Waals surface area (Å²) < 4.78 is 15.3. The van der Waals surface area contributed by atoms with Crippen molar-refractivity contribution in [3.63, 3.8) is 0 Å². The molecule has 2 aromatic rings. The molecule has 90 valence electrons. The summed E-state index contributed by atoms with van der Waals surface area (Å²) >= 11 is 3.12. The lowest BCUT2D eigenvalue weighted by atomic mass is 10.2. The van der Waals surface area contributed by atoms with Crippen LogP contribution in [0.15, 0.2) is 35.1 Å². The Bertz CT molecular complexity index is 498. The highest BCUT2D eigenvalue weighted by Gasteiger charge is 2.05. The maximum Gasteiger partial charge on any atom is 0.139 e. The van der Waals surface area contributed by atoms with Crippen molar-refractivity contribution in [2.75, 3.05) is 17.6 Å². The standard InChI is InChI=1S/C11H12BrFN4/c12-8-6-11(10(14)7-9(8)13)15-3-5-17-4-1-2-16-17/h1-2,4,6-7,15H,3,5,14H2. The van der Waals surface area contributed by atoms with Gasteiger partial charge in [-0.05, 0) is 28.1 Å². The van der Waals surface area contributed by atoms with Crippen molar-refractivity contribution in [3.8, 4) is 0 Å². The van der Waals surface area contributed by atoms with E-state index in [1.54, 1.807) is 12.3 Å². The Morgan fingerprint density at radius 1 is 1.47 bits per heavy atom. The van der Waals surface area contributed by atoms with Gasteiger partial charge in [0, 0.05) is 25.0 Å². The van der Waals surface area contributed by atoms with Gasteiger partial charge in [-0.3, -0.25) is 4.68 Å². The van der Waals surface area contributed by atoms with Gasteiger partial charge in [-0.2, -0.15) is 5.10 Å². The third-order valence-electron chi connectivity index (χ3n) is 2.31. The maximum absolute atomic E-state index is 13.1. The van der Waals surface area contributed by atoms with E-state index >= 15 is 0 Å². The molecule has 1 aromatic carbocycles. The number of nitrogens with two attached hydrogens (primary N) is 1. The van der Waals surface area contributed by atoms with Crippen molar-refractivity contribution >= 4 is 27.3 Å². The summed E-state index contributed by atoms with van der Waals surface area (Å²) in [5, 5.41) is 7.21. The first-order valence-electron chi connectivity index (χ1n) is 5.12. The number of hydrogen-bond donors (Lipinski definition) is 2. The lowest BCUT2D eigenvalue weighted by Gasteiger charge is -2.10. The van der Waals surface area contributed by atoms with Crippen LogP contribution in [0.2, 0.25) is 0 Å². The molecule has 0 saturated heterocycles. The van der Waals surface area contributed by atoms with Gasteiger partial charge >= 0.3 is 0 Å². The molecular formula is C11H12BrFN4. The van der Waals surface area contributed by atoms with Crippen LogP contribution in [0.4, 0.5) is 15.8 Å². The fourth-order valence-electron chi connectivity index (χ4n) is 1.45. The molecule has 0 radical (unpaired) electrons. The average molecular weight is 299 g/mol. The molecule has 0 aliphatic heterocycles. The van der Waals surface area contributed by atoms with Gasteiger partial charge < -0.3 is 11.1 Å². The van der Waals surface area contributed by atoms with Crippen LogP contribution < -0.4 is 11.1 Å². The highest BCUT2D eigenvalue weighted by Crippen LogP contribution is 2.26.